The second-order valence-electron chi connectivity index (χ2n) is 9.67. The summed E-state index contributed by atoms with van der Waals surface area (Å²) >= 11 is 0.726. The number of likely N-dealkylation sites (tertiary alicyclic amines) is 1. The third-order valence-electron chi connectivity index (χ3n) is 5.72. The van der Waals surface area contributed by atoms with E-state index in [0.29, 0.717) is 0 Å². The molecule has 3 rings (SSSR count). The predicted octanol–water partition coefficient (Wildman–Crippen LogP) is 3.98. The van der Waals surface area contributed by atoms with E-state index in [4.69, 9.17) is 4.98 Å². The van der Waals surface area contributed by atoms with Gasteiger partial charge in [0.2, 0.25) is 0 Å². The smallest absolute Gasteiger partial charge is 0.136 e. The Morgan fingerprint density at radius 1 is 1.20 bits per heavy atom. The van der Waals surface area contributed by atoms with E-state index in [2.05, 4.69) is 37.3 Å². The van der Waals surface area contributed by atoms with Crippen LogP contribution in [0.15, 0.2) is 0 Å². The first-order valence-corrected chi connectivity index (χ1v) is 11.3. The maximum Gasteiger partial charge on any atom is 0.136 e. The molecule has 25 heavy (non-hydrogen) atoms. The molecule has 1 aliphatic heterocycles. The Balaban J connectivity index is 1.85. The predicted molar refractivity (Wildman–Crippen MR) is 107 cm³/mol. The third kappa shape index (κ3) is 3.79. The van der Waals surface area contributed by atoms with E-state index in [1.807, 2.05) is 20.8 Å². The highest BCUT2D eigenvalue weighted by atomic mass is 32.2. The number of nitrogens with zero attached hydrogens (tertiary/aromatic N) is 2. The summed E-state index contributed by atoms with van der Waals surface area (Å²) in [5.41, 5.74) is 1.64. The maximum atomic E-state index is 12.9. The molecule has 1 fully saturated rings. The van der Waals surface area contributed by atoms with Crippen molar-refractivity contribution in [3.8, 4) is 0 Å². The van der Waals surface area contributed by atoms with Crippen molar-refractivity contribution in [3.63, 3.8) is 0 Å². The third-order valence-corrected chi connectivity index (χ3v) is 8.36. The minimum atomic E-state index is -1.06. The Bertz CT molecular complexity index is 622. The standard InChI is InChI=1S/C19H33N3OS2/c1-13-20-14-12-19(8-10-22(11-9-19)17(2,3)4)16(15(14)24-13)21-25(23)18(5,6)7/h16,21H,8-12H2,1-7H3/t16-,25?/m1/s1. The molecule has 142 valence electrons. The Kier molecular flexibility index (Phi) is 5.09. The van der Waals surface area contributed by atoms with E-state index < -0.39 is 11.4 Å². The summed E-state index contributed by atoms with van der Waals surface area (Å²) in [4.78, 5) is 8.71. The first kappa shape index (κ1) is 19.6. The summed E-state index contributed by atoms with van der Waals surface area (Å²) in [6.07, 6.45) is 3.32. The van der Waals surface area contributed by atoms with E-state index in [0.717, 1.165) is 37.4 Å². The number of piperidine rings is 1. The molecule has 1 spiro atoms. The van der Waals surface area contributed by atoms with Crippen LogP contribution in [-0.2, 0) is 17.8 Å². The van der Waals surface area contributed by atoms with E-state index in [1.54, 1.807) is 11.3 Å². The molecule has 1 aromatic rings. The molecule has 2 aliphatic rings. The second kappa shape index (κ2) is 6.48. The summed E-state index contributed by atoms with van der Waals surface area (Å²) in [6, 6.07) is 0.177. The fourth-order valence-corrected chi connectivity index (χ4v) is 6.25. The van der Waals surface area contributed by atoms with Crippen LogP contribution in [0.4, 0.5) is 0 Å². The Labute approximate surface area is 160 Å². The molecule has 0 amide bonds. The van der Waals surface area contributed by atoms with Crippen LogP contribution in [-0.4, -0.2) is 37.8 Å². The lowest BCUT2D eigenvalue weighted by atomic mass is 9.73. The average Bonchev–Trinajstić information content (AvgIpc) is 2.93. The largest absolute Gasteiger partial charge is 0.598 e. The van der Waals surface area contributed by atoms with E-state index >= 15 is 0 Å². The van der Waals surface area contributed by atoms with Crippen molar-refractivity contribution in [2.45, 2.75) is 84.1 Å². The van der Waals surface area contributed by atoms with Crippen molar-refractivity contribution < 1.29 is 4.55 Å². The van der Waals surface area contributed by atoms with Gasteiger partial charge in [-0.25, -0.2) is 4.98 Å². The topological polar surface area (TPSA) is 51.2 Å². The normalized spacial score (nSPS) is 25.4. The van der Waals surface area contributed by atoms with Gasteiger partial charge >= 0.3 is 0 Å². The molecule has 1 aromatic heterocycles. The lowest BCUT2D eigenvalue weighted by Gasteiger charge is -2.47. The highest BCUT2D eigenvalue weighted by molar-refractivity contribution is 7.90. The number of hydrogen-bond donors (Lipinski definition) is 1. The zero-order chi connectivity index (χ0) is 18.6. The van der Waals surface area contributed by atoms with Gasteiger partial charge in [0, 0.05) is 27.2 Å². The minimum Gasteiger partial charge on any atom is -0.598 e. The molecule has 0 bridgehead atoms. The maximum absolute atomic E-state index is 12.9. The molecule has 1 unspecified atom stereocenters. The van der Waals surface area contributed by atoms with Crippen molar-refractivity contribution in [3.05, 3.63) is 15.6 Å². The molecular formula is C19H33N3OS2. The summed E-state index contributed by atoms with van der Waals surface area (Å²) in [6.45, 7) is 17.3. The van der Waals surface area contributed by atoms with Crippen LogP contribution < -0.4 is 4.72 Å². The Morgan fingerprint density at radius 3 is 2.32 bits per heavy atom. The number of thiazole rings is 1. The SMILES string of the molecule is Cc1nc2c(s1)[C@@H](N[S+]([O-])C(C)(C)C)C1(CCN(C(C)(C)C)CC1)C2. The lowest BCUT2D eigenvalue weighted by Crippen LogP contribution is -2.53. The number of hydrogen-bond acceptors (Lipinski definition) is 5. The number of aromatic nitrogens is 1. The molecule has 1 N–H and O–H groups in total. The quantitative estimate of drug-likeness (QED) is 0.785. The van der Waals surface area contributed by atoms with E-state index in [1.165, 1.54) is 10.6 Å². The first-order chi connectivity index (χ1) is 11.4. The van der Waals surface area contributed by atoms with Gasteiger partial charge < -0.3 is 4.55 Å². The highest BCUT2D eigenvalue weighted by Gasteiger charge is 2.52. The van der Waals surface area contributed by atoms with Crippen LogP contribution in [0, 0.1) is 12.3 Å². The average molecular weight is 384 g/mol. The lowest BCUT2D eigenvalue weighted by molar-refractivity contribution is 0.0316. The summed E-state index contributed by atoms with van der Waals surface area (Å²) < 4.78 is 16.1. The summed E-state index contributed by atoms with van der Waals surface area (Å²) in [5, 5.41) is 1.13. The van der Waals surface area contributed by atoms with Gasteiger partial charge in [-0.05, 0) is 80.8 Å². The first-order valence-electron chi connectivity index (χ1n) is 9.32. The van der Waals surface area contributed by atoms with Crippen molar-refractivity contribution >= 4 is 22.7 Å². The van der Waals surface area contributed by atoms with Crippen LogP contribution in [0.5, 0.6) is 0 Å². The Hall–Kier alpha value is -0.140. The molecule has 6 heteroatoms. The van der Waals surface area contributed by atoms with Gasteiger partial charge in [-0.3, -0.25) is 4.90 Å². The zero-order valence-corrected chi connectivity index (χ0v) is 18.4. The number of rotatable bonds is 2. The Morgan fingerprint density at radius 2 is 1.80 bits per heavy atom. The van der Waals surface area contributed by atoms with Crippen molar-refractivity contribution in [2.24, 2.45) is 5.41 Å². The summed E-state index contributed by atoms with van der Waals surface area (Å²) in [7, 11) is 0. The molecule has 0 radical (unpaired) electrons. The molecule has 2 heterocycles. The van der Waals surface area contributed by atoms with Crippen LogP contribution in [0.3, 0.4) is 0 Å². The minimum absolute atomic E-state index is 0.171. The molecule has 2 atom stereocenters. The number of nitrogens with one attached hydrogen (secondary N) is 1. The van der Waals surface area contributed by atoms with Crippen molar-refractivity contribution in [1.29, 1.82) is 0 Å². The van der Waals surface area contributed by atoms with Crippen molar-refractivity contribution in [1.82, 2.24) is 14.6 Å². The molecule has 0 aromatic carbocycles. The van der Waals surface area contributed by atoms with Gasteiger partial charge in [0.1, 0.15) is 4.75 Å². The van der Waals surface area contributed by atoms with Crippen LogP contribution >= 0.6 is 11.3 Å². The zero-order valence-electron chi connectivity index (χ0n) is 16.7. The van der Waals surface area contributed by atoms with Gasteiger partial charge in [0.25, 0.3) is 0 Å². The van der Waals surface area contributed by atoms with Gasteiger partial charge in [0.05, 0.1) is 16.7 Å². The van der Waals surface area contributed by atoms with Crippen molar-refractivity contribution in [2.75, 3.05) is 13.1 Å². The highest BCUT2D eigenvalue weighted by Crippen LogP contribution is 2.54. The van der Waals surface area contributed by atoms with Crippen LogP contribution in [0.1, 0.15) is 76.0 Å². The fraction of sp³-hybridized carbons (Fsp3) is 0.842. The van der Waals surface area contributed by atoms with Gasteiger partial charge in [0.15, 0.2) is 0 Å². The van der Waals surface area contributed by atoms with Gasteiger partial charge in [-0.2, -0.15) is 0 Å². The molecule has 0 saturated carbocycles. The van der Waals surface area contributed by atoms with E-state index in [-0.39, 0.29) is 21.7 Å². The van der Waals surface area contributed by atoms with E-state index in [9.17, 15) is 4.55 Å². The van der Waals surface area contributed by atoms with Crippen LogP contribution in [0.25, 0.3) is 0 Å². The molecular weight excluding hydrogens is 350 g/mol. The molecule has 1 aliphatic carbocycles. The monoisotopic (exact) mass is 383 g/mol. The molecule has 1 saturated heterocycles. The fourth-order valence-electron chi connectivity index (χ4n) is 4.10. The number of fused-ring (bicyclic) bond motifs is 1. The number of aryl methyl sites for hydroxylation is 1. The molecule has 4 nitrogen and oxygen atoms in total. The second-order valence-corrected chi connectivity index (χ2v) is 12.9. The van der Waals surface area contributed by atoms with Crippen LogP contribution in [0.2, 0.25) is 0 Å². The van der Waals surface area contributed by atoms with Gasteiger partial charge in [-0.15, -0.1) is 16.1 Å². The summed E-state index contributed by atoms with van der Waals surface area (Å²) in [5.74, 6) is 0. The van der Waals surface area contributed by atoms with Gasteiger partial charge in [-0.1, -0.05) is 0 Å².